The van der Waals surface area contributed by atoms with E-state index in [2.05, 4.69) is 32.5 Å². The normalized spacial score (nSPS) is 11.7. The average molecular weight is 375 g/mol. The molecule has 1 heterocycles. The molecular formula is C13H13BrClN3OS. The maximum atomic E-state index is 8.89. The third kappa shape index (κ3) is 3.26. The molecule has 4 nitrogen and oxygen atoms in total. The maximum absolute atomic E-state index is 8.89. The van der Waals surface area contributed by atoms with Gasteiger partial charge in [-0.05, 0) is 45.1 Å². The summed E-state index contributed by atoms with van der Waals surface area (Å²) in [5.41, 5.74) is 8.24. The fraction of sp³-hybridized carbons (Fsp3) is 0.154. The summed E-state index contributed by atoms with van der Waals surface area (Å²) in [4.78, 5) is 2.01. The molecule has 7 heteroatoms. The van der Waals surface area contributed by atoms with Gasteiger partial charge in [0.25, 0.3) is 0 Å². The second kappa shape index (κ2) is 6.47. The van der Waals surface area contributed by atoms with E-state index in [4.69, 9.17) is 22.5 Å². The second-order valence-corrected chi connectivity index (χ2v) is 6.93. The highest BCUT2D eigenvalue weighted by atomic mass is 79.9. The summed E-state index contributed by atoms with van der Waals surface area (Å²) in [5.74, 6) is 0.00366. The molecule has 2 rings (SSSR count). The minimum Gasteiger partial charge on any atom is -0.409 e. The molecule has 2 aromatic rings. The van der Waals surface area contributed by atoms with Crippen LogP contribution in [0, 0.1) is 0 Å². The van der Waals surface area contributed by atoms with Crippen molar-refractivity contribution in [2.75, 3.05) is 11.9 Å². The molecule has 106 valence electrons. The van der Waals surface area contributed by atoms with Gasteiger partial charge in [-0.1, -0.05) is 22.8 Å². The quantitative estimate of drug-likeness (QED) is 0.369. The highest BCUT2D eigenvalue weighted by Crippen LogP contribution is 2.29. The van der Waals surface area contributed by atoms with E-state index in [0.717, 1.165) is 9.47 Å². The zero-order valence-corrected chi connectivity index (χ0v) is 13.8. The summed E-state index contributed by atoms with van der Waals surface area (Å²) in [6.45, 7) is 0.703. The van der Waals surface area contributed by atoms with Gasteiger partial charge in [-0.3, -0.25) is 0 Å². The number of nitrogens with two attached hydrogens (primary N) is 1. The van der Waals surface area contributed by atoms with Crippen LogP contribution >= 0.6 is 38.9 Å². The van der Waals surface area contributed by atoms with E-state index in [1.54, 1.807) is 17.4 Å². The van der Waals surface area contributed by atoms with Crippen molar-refractivity contribution in [2.45, 2.75) is 6.54 Å². The first kappa shape index (κ1) is 15.2. The van der Waals surface area contributed by atoms with E-state index in [0.29, 0.717) is 17.1 Å². The summed E-state index contributed by atoms with van der Waals surface area (Å²) >= 11 is 11.2. The molecule has 0 saturated heterocycles. The third-order valence-corrected chi connectivity index (χ3v) is 4.68. The predicted molar refractivity (Wildman–Crippen MR) is 88.1 cm³/mol. The first-order valence-corrected chi connectivity index (χ1v) is 7.78. The number of rotatable bonds is 4. The first-order valence-electron chi connectivity index (χ1n) is 5.73. The van der Waals surface area contributed by atoms with Crippen LogP contribution in [0.2, 0.25) is 5.02 Å². The Balaban J connectivity index is 2.34. The molecule has 0 amide bonds. The lowest BCUT2D eigenvalue weighted by Gasteiger charge is -2.22. The molecule has 0 bridgehead atoms. The zero-order chi connectivity index (χ0) is 14.7. The highest BCUT2D eigenvalue weighted by molar-refractivity contribution is 9.11. The Morgan fingerprint density at radius 3 is 2.90 bits per heavy atom. The topological polar surface area (TPSA) is 61.8 Å². The van der Waals surface area contributed by atoms with Crippen LogP contribution < -0.4 is 10.6 Å². The summed E-state index contributed by atoms with van der Waals surface area (Å²) in [6, 6.07) is 7.51. The Morgan fingerprint density at radius 2 is 2.30 bits per heavy atom. The van der Waals surface area contributed by atoms with Gasteiger partial charge in [0.2, 0.25) is 0 Å². The van der Waals surface area contributed by atoms with E-state index in [-0.39, 0.29) is 5.84 Å². The van der Waals surface area contributed by atoms with Crippen molar-refractivity contribution in [3.63, 3.8) is 0 Å². The van der Waals surface area contributed by atoms with Crippen LogP contribution in [0.1, 0.15) is 11.1 Å². The maximum Gasteiger partial charge on any atom is 0.173 e. The Labute approximate surface area is 134 Å². The summed E-state index contributed by atoms with van der Waals surface area (Å²) in [6.07, 6.45) is 0. The number of halogens is 2. The van der Waals surface area contributed by atoms with E-state index in [1.807, 2.05) is 24.1 Å². The number of benzene rings is 1. The van der Waals surface area contributed by atoms with Crippen molar-refractivity contribution in [2.24, 2.45) is 10.9 Å². The van der Waals surface area contributed by atoms with E-state index < -0.39 is 0 Å². The van der Waals surface area contributed by atoms with Crippen molar-refractivity contribution in [3.8, 4) is 0 Å². The van der Waals surface area contributed by atoms with Gasteiger partial charge in [-0.25, -0.2) is 0 Å². The van der Waals surface area contributed by atoms with Crippen molar-refractivity contribution >= 4 is 50.4 Å². The summed E-state index contributed by atoms with van der Waals surface area (Å²) < 4.78 is 1.09. The molecule has 20 heavy (non-hydrogen) atoms. The summed E-state index contributed by atoms with van der Waals surface area (Å²) in [7, 11) is 1.94. The number of hydrogen-bond donors (Lipinski definition) is 2. The van der Waals surface area contributed by atoms with Gasteiger partial charge in [0.05, 0.1) is 14.4 Å². The Kier molecular flexibility index (Phi) is 4.91. The van der Waals surface area contributed by atoms with Crippen LogP contribution in [0.15, 0.2) is 38.6 Å². The monoisotopic (exact) mass is 373 g/mol. The standard InChI is InChI=1S/C13H13BrClN3OS/c1-18(6-8-5-11(14)20-7-8)10-4-2-3-9(15)12(10)13(16)17-19/h2-5,7,19H,6H2,1H3,(H2,16,17). The van der Waals surface area contributed by atoms with Crippen molar-refractivity contribution in [1.29, 1.82) is 0 Å². The lowest BCUT2D eigenvalue weighted by atomic mass is 10.1. The number of hydrogen-bond acceptors (Lipinski definition) is 4. The first-order chi connectivity index (χ1) is 9.52. The van der Waals surface area contributed by atoms with Crippen LogP contribution in [0.5, 0.6) is 0 Å². The van der Waals surface area contributed by atoms with Crippen LogP contribution in [0.4, 0.5) is 5.69 Å². The Hall–Kier alpha value is -1.24. The van der Waals surface area contributed by atoms with Gasteiger partial charge in [-0.2, -0.15) is 0 Å². The van der Waals surface area contributed by atoms with Crippen LogP contribution in [0.3, 0.4) is 0 Å². The molecular weight excluding hydrogens is 362 g/mol. The minimum absolute atomic E-state index is 0.00366. The molecule has 0 unspecified atom stereocenters. The van der Waals surface area contributed by atoms with Gasteiger partial charge in [0.1, 0.15) is 0 Å². The Bertz CT molecular complexity index is 644. The molecule has 0 aliphatic heterocycles. The van der Waals surface area contributed by atoms with E-state index in [1.165, 1.54) is 5.56 Å². The molecule has 1 aromatic heterocycles. The highest BCUT2D eigenvalue weighted by Gasteiger charge is 2.15. The van der Waals surface area contributed by atoms with Crippen molar-refractivity contribution in [1.82, 2.24) is 0 Å². The largest absolute Gasteiger partial charge is 0.409 e. The van der Waals surface area contributed by atoms with Gasteiger partial charge >= 0.3 is 0 Å². The smallest absolute Gasteiger partial charge is 0.173 e. The molecule has 0 fully saturated rings. The van der Waals surface area contributed by atoms with Crippen molar-refractivity contribution in [3.05, 3.63) is 49.6 Å². The van der Waals surface area contributed by atoms with Gasteiger partial charge in [-0.15, -0.1) is 11.3 Å². The van der Waals surface area contributed by atoms with Crippen LogP contribution in [-0.2, 0) is 6.54 Å². The molecule has 0 radical (unpaired) electrons. The van der Waals surface area contributed by atoms with Crippen molar-refractivity contribution < 1.29 is 5.21 Å². The minimum atomic E-state index is 0.00366. The Morgan fingerprint density at radius 1 is 1.55 bits per heavy atom. The molecule has 0 atom stereocenters. The van der Waals surface area contributed by atoms with E-state index >= 15 is 0 Å². The van der Waals surface area contributed by atoms with Crippen LogP contribution in [-0.4, -0.2) is 18.1 Å². The van der Waals surface area contributed by atoms with Gasteiger partial charge in [0.15, 0.2) is 5.84 Å². The number of nitrogens with zero attached hydrogens (tertiary/aromatic N) is 2. The third-order valence-electron chi connectivity index (χ3n) is 2.81. The van der Waals surface area contributed by atoms with Gasteiger partial charge < -0.3 is 15.8 Å². The molecule has 0 aliphatic rings. The SMILES string of the molecule is CN(Cc1csc(Br)c1)c1cccc(Cl)c1C(N)=NO. The fourth-order valence-electron chi connectivity index (χ4n) is 1.92. The van der Waals surface area contributed by atoms with E-state index in [9.17, 15) is 0 Å². The van der Waals surface area contributed by atoms with Gasteiger partial charge in [0, 0.05) is 19.3 Å². The fourth-order valence-corrected chi connectivity index (χ4v) is 3.39. The summed E-state index contributed by atoms with van der Waals surface area (Å²) in [5, 5.41) is 14.5. The number of oxime groups is 1. The number of thiophene rings is 1. The lowest BCUT2D eigenvalue weighted by Crippen LogP contribution is -2.22. The second-order valence-electron chi connectivity index (χ2n) is 4.23. The zero-order valence-electron chi connectivity index (χ0n) is 10.7. The molecule has 3 N–H and O–H groups in total. The molecule has 0 aliphatic carbocycles. The predicted octanol–water partition coefficient (Wildman–Crippen LogP) is 3.89. The van der Waals surface area contributed by atoms with Crippen LogP contribution in [0.25, 0.3) is 0 Å². The lowest BCUT2D eigenvalue weighted by molar-refractivity contribution is 0.318. The average Bonchev–Trinajstić information content (AvgIpc) is 2.83. The number of anilines is 1. The molecule has 0 saturated carbocycles. The molecule has 0 spiro atoms. The molecule has 1 aromatic carbocycles. The number of amidine groups is 1.